The molecule has 4 nitrogen and oxygen atoms in total. The highest BCUT2D eigenvalue weighted by molar-refractivity contribution is 6.13. The number of ether oxygens (including phenoxy) is 2. The number of benzene rings is 1. The Labute approximate surface area is 141 Å². The largest absolute Gasteiger partial charge is 0.497 e. The van der Waals surface area contributed by atoms with Crippen LogP contribution in [0.2, 0.25) is 0 Å². The van der Waals surface area contributed by atoms with Gasteiger partial charge >= 0.3 is 0 Å². The zero-order chi connectivity index (χ0) is 16.2. The lowest BCUT2D eigenvalue weighted by Gasteiger charge is -2.35. The molecule has 1 heterocycles. The summed E-state index contributed by atoms with van der Waals surface area (Å²) >= 11 is 5.59. The van der Waals surface area contributed by atoms with Crippen molar-refractivity contribution in [2.24, 2.45) is 0 Å². The lowest BCUT2D eigenvalue weighted by Crippen LogP contribution is -2.42. The highest BCUT2D eigenvalue weighted by atomic mass is 35.5. The molecule has 0 spiro atoms. The maximum atomic E-state index is 6.00. The molecule has 0 saturated heterocycles. The minimum absolute atomic E-state index is 0.0128. The van der Waals surface area contributed by atoms with Crippen LogP contribution in [0.4, 0.5) is 0 Å². The topological polar surface area (TPSA) is 43.4 Å². The molecular weight excluding hydrogens is 312 g/mol. The van der Waals surface area contributed by atoms with Crippen molar-refractivity contribution in [1.29, 1.82) is 0 Å². The maximum Gasteiger partial charge on any atom is 0.118 e. The number of nitrogens with zero attached hydrogens (tertiary/aromatic N) is 1. The number of rotatable bonds is 6. The summed E-state index contributed by atoms with van der Waals surface area (Å²) in [5, 5.41) is 0. The first-order chi connectivity index (χ1) is 11.2. The van der Waals surface area contributed by atoms with Gasteiger partial charge in [-0.15, -0.1) is 0 Å². The van der Waals surface area contributed by atoms with Crippen molar-refractivity contribution in [3.63, 3.8) is 0 Å². The van der Waals surface area contributed by atoms with Crippen molar-refractivity contribution in [3.8, 4) is 16.9 Å². The normalized spacial score (nSPS) is 21.5. The number of pyridine rings is 1. The second kappa shape index (κ2) is 7.30. The Bertz CT molecular complexity index is 624. The molecule has 3 rings (SSSR count). The maximum absolute atomic E-state index is 6.00. The van der Waals surface area contributed by atoms with Crippen LogP contribution in [-0.2, 0) is 4.74 Å². The molecule has 5 heteroatoms. The average molecular weight is 333 g/mol. The minimum Gasteiger partial charge on any atom is -0.497 e. The molecule has 0 aliphatic heterocycles. The molecule has 23 heavy (non-hydrogen) atoms. The summed E-state index contributed by atoms with van der Waals surface area (Å²) in [7, 11) is 1.67. The smallest absolute Gasteiger partial charge is 0.118 e. The van der Waals surface area contributed by atoms with Crippen LogP contribution in [0.3, 0.4) is 0 Å². The fourth-order valence-corrected chi connectivity index (χ4v) is 2.90. The van der Waals surface area contributed by atoms with Crippen LogP contribution >= 0.6 is 11.8 Å². The lowest BCUT2D eigenvalue weighted by molar-refractivity contribution is -0.0568. The third kappa shape index (κ3) is 3.83. The Morgan fingerprint density at radius 2 is 1.83 bits per heavy atom. The van der Waals surface area contributed by atoms with Crippen LogP contribution in [-0.4, -0.2) is 24.2 Å². The Kier molecular flexibility index (Phi) is 5.16. The van der Waals surface area contributed by atoms with Crippen LogP contribution in [0.15, 0.2) is 42.6 Å². The quantitative estimate of drug-likeness (QED) is 0.808. The first-order valence-electron chi connectivity index (χ1n) is 7.81. The number of nitrogens with one attached hydrogen (secondary N) is 1. The molecule has 1 saturated carbocycles. The Morgan fingerprint density at radius 3 is 2.39 bits per heavy atom. The van der Waals surface area contributed by atoms with E-state index >= 15 is 0 Å². The summed E-state index contributed by atoms with van der Waals surface area (Å²) in [6, 6.07) is 12.4. The molecule has 1 unspecified atom stereocenters. The van der Waals surface area contributed by atoms with Crippen molar-refractivity contribution in [3.05, 3.63) is 48.3 Å². The van der Waals surface area contributed by atoms with Crippen LogP contribution in [0, 0.1) is 0 Å². The van der Waals surface area contributed by atoms with E-state index in [-0.39, 0.29) is 12.2 Å². The lowest BCUT2D eigenvalue weighted by atomic mass is 9.90. The second-order valence-corrected chi connectivity index (χ2v) is 6.10. The highest BCUT2D eigenvalue weighted by Gasteiger charge is 2.30. The average Bonchev–Trinajstić information content (AvgIpc) is 2.57. The molecule has 0 amide bonds. The van der Waals surface area contributed by atoms with Crippen molar-refractivity contribution in [2.75, 3.05) is 7.11 Å². The van der Waals surface area contributed by atoms with Crippen LogP contribution < -0.4 is 9.57 Å². The minimum atomic E-state index is -0.0128. The van der Waals surface area contributed by atoms with Gasteiger partial charge in [0.25, 0.3) is 0 Å². The van der Waals surface area contributed by atoms with E-state index in [4.69, 9.17) is 21.3 Å². The standard InChI is InChI=1S/C18H21ClN2O2/c1-12(23-17-9-15(10-17)21-19)18-8-5-14(11-20-18)13-3-6-16(22-2)7-4-13/h3-8,11-12,15,17,21H,9-10H2,1-2H3. The molecular formula is C18H21ClN2O2. The van der Waals surface area contributed by atoms with E-state index in [2.05, 4.69) is 15.9 Å². The number of aromatic nitrogens is 1. The Hall–Kier alpha value is -1.62. The molecule has 122 valence electrons. The summed E-state index contributed by atoms with van der Waals surface area (Å²) in [5.74, 6) is 0.852. The van der Waals surface area contributed by atoms with Gasteiger partial charge in [-0.05, 0) is 55.3 Å². The van der Waals surface area contributed by atoms with E-state index < -0.39 is 0 Å². The zero-order valence-electron chi connectivity index (χ0n) is 13.3. The van der Waals surface area contributed by atoms with Gasteiger partial charge in [0.2, 0.25) is 0 Å². The summed E-state index contributed by atoms with van der Waals surface area (Å²) in [6.07, 6.45) is 4.06. The number of methoxy groups -OCH3 is 1. The summed E-state index contributed by atoms with van der Waals surface area (Å²) < 4.78 is 11.2. The number of halogens is 1. The van der Waals surface area contributed by atoms with Gasteiger partial charge in [0.1, 0.15) is 5.75 Å². The molecule has 1 aromatic carbocycles. The van der Waals surface area contributed by atoms with Gasteiger partial charge in [-0.25, -0.2) is 4.84 Å². The molecule has 0 radical (unpaired) electrons. The summed E-state index contributed by atoms with van der Waals surface area (Å²) in [5.41, 5.74) is 3.15. The van der Waals surface area contributed by atoms with Crippen molar-refractivity contribution in [1.82, 2.24) is 9.82 Å². The van der Waals surface area contributed by atoms with E-state index in [1.54, 1.807) is 7.11 Å². The summed E-state index contributed by atoms with van der Waals surface area (Å²) in [6.45, 7) is 2.04. The SMILES string of the molecule is COc1ccc(-c2ccc(C(C)OC3CC(NCl)C3)nc2)cc1. The van der Waals surface area contributed by atoms with Gasteiger partial charge in [-0.2, -0.15) is 0 Å². The summed E-state index contributed by atoms with van der Waals surface area (Å²) in [4.78, 5) is 7.30. The van der Waals surface area contributed by atoms with E-state index in [9.17, 15) is 0 Å². The Balaban J connectivity index is 1.62. The van der Waals surface area contributed by atoms with Gasteiger partial charge in [-0.1, -0.05) is 18.2 Å². The van der Waals surface area contributed by atoms with E-state index in [0.29, 0.717) is 6.04 Å². The third-order valence-electron chi connectivity index (χ3n) is 4.27. The van der Waals surface area contributed by atoms with Crippen LogP contribution in [0.1, 0.15) is 31.6 Å². The first kappa shape index (κ1) is 16.2. The van der Waals surface area contributed by atoms with Gasteiger partial charge in [0.15, 0.2) is 0 Å². The fourth-order valence-electron chi connectivity index (χ4n) is 2.72. The van der Waals surface area contributed by atoms with E-state index in [1.165, 1.54) is 0 Å². The molecule has 1 aromatic heterocycles. The molecule has 0 bridgehead atoms. The van der Waals surface area contributed by atoms with Crippen molar-refractivity contribution in [2.45, 2.75) is 38.0 Å². The molecule has 1 aliphatic carbocycles. The van der Waals surface area contributed by atoms with Gasteiger partial charge in [0.05, 0.1) is 25.0 Å². The molecule has 2 aromatic rings. The molecule has 1 aliphatic rings. The predicted molar refractivity (Wildman–Crippen MR) is 91.5 cm³/mol. The fraction of sp³-hybridized carbons (Fsp3) is 0.389. The third-order valence-corrected chi connectivity index (χ3v) is 4.58. The number of hydrogen-bond donors (Lipinski definition) is 1. The predicted octanol–water partition coefficient (Wildman–Crippen LogP) is 4.11. The van der Waals surface area contributed by atoms with Crippen LogP contribution in [0.5, 0.6) is 5.75 Å². The van der Waals surface area contributed by atoms with Gasteiger partial charge < -0.3 is 9.47 Å². The zero-order valence-corrected chi connectivity index (χ0v) is 14.1. The van der Waals surface area contributed by atoms with Crippen molar-refractivity contribution < 1.29 is 9.47 Å². The van der Waals surface area contributed by atoms with Crippen LogP contribution in [0.25, 0.3) is 11.1 Å². The highest BCUT2D eigenvalue weighted by Crippen LogP contribution is 2.29. The van der Waals surface area contributed by atoms with Gasteiger partial charge in [-0.3, -0.25) is 4.98 Å². The van der Waals surface area contributed by atoms with E-state index in [1.807, 2.05) is 43.5 Å². The molecule has 1 fully saturated rings. The number of hydrogen-bond acceptors (Lipinski definition) is 4. The van der Waals surface area contributed by atoms with E-state index in [0.717, 1.165) is 35.4 Å². The van der Waals surface area contributed by atoms with Gasteiger partial charge in [0, 0.05) is 17.8 Å². The first-order valence-corrected chi connectivity index (χ1v) is 8.19. The van der Waals surface area contributed by atoms with Crippen molar-refractivity contribution >= 4 is 11.8 Å². The second-order valence-electron chi connectivity index (χ2n) is 5.88. The Morgan fingerprint density at radius 1 is 1.13 bits per heavy atom. The molecule has 1 N–H and O–H groups in total. The molecule has 1 atom stereocenters. The monoisotopic (exact) mass is 332 g/mol.